The number of carbonyl (C=O) groups excluding carboxylic acids is 1. The normalized spacial score (nSPS) is 15.6. The van der Waals surface area contributed by atoms with Crippen LogP contribution in [0.2, 0.25) is 0 Å². The molecular weight excluding hydrogens is 236 g/mol. The largest absolute Gasteiger partial charge is 0.393 e. The Bertz CT molecular complexity index is 256. The molecule has 0 unspecified atom stereocenters. The van der Waals surface area contributed by atoms with E-state index in [-0.39, 0.29) is 6.10 Å². The summed E-state index contributed by atoms with van der Waals surface area (Å²) in [6, 6.07) is 0. The van der Waals surface area contributed by atoms with E-state index in [4.69, 9.17) is 0 Å². The molecule has 0 amide bonds. The van der Waals surface area contributed by atoms with Gasteiger partial charge in [-0.2, -0.15) is 0 Å². The molecule has 0 aliphatic rings. The highest BCUT2D eigenvalue weighted by atomic mass is 16.3. The molecule has 0 radical (unpaired) electrons. The lowest BCUT2D eigenvalue weighted by atomic mass is 9.92. The Morgan fingerprint density at radius 1 is 1.16 bits per heavy atom. The van der Waals surface area contributed by atoms with Crippen molar-refractivity contribution in [1.82, 2.24) is 0 Å². The molecule has 19 heavy (non-hydrogen) atoms. The van der Waals surface area contributed by atoms with Gasteiger partial charge in [0.25, 0.3) is 0 Å². The summed E-state index contributed by atoms with van der Waals surface area (Å²) in [5.41, 5.74) is 1.39. The van der Waals surface area contributed by atoms with Crippen LogP contribution in [0.15, 0.2) is 11.6 Å². The molecule has 0 aromatic carbocycles. The number of aliphatic hydroxyl groups is 1. The molecule has 0 saturated carbocycles. The summed E-state index contributed by atoms with van der Waals surface area (Å²) in [5, 5.41) is 10.1. The second-order valence-corrected chi connectivity index (χ2v) is 6.23. The minimum Gasteiger partial charge on any atom is -0.393 e. The fraction of sp³-hybridized carbons (Fsp3) is 0.824. The number of aliphatic hydroxyl groups excluding tert-OH is 1. The standard InChI is InChI=1S/C17H32O2/c1-14(2)10-11-15(3)13-16(4)17(19)9-7-5-6-8-12-18/h11-12,14,16-17,19H,5-10,13H2,1-4H3/b15-11+/t16-,17-/m0/s1. The van der Waals surface area contributed by atoms with E-state index in [0.29, 0.717) is 18.3 Å². The van der Waals surface area contributed by atoms with Crippen molar-refractivity contribution in [3.63, 3.8) is 0 Å². The van der Waals surface area contributed by atoms with E-state index in [1.807, 2.05) is 0 Å². The molecule has 0 aromatic heterocycles. The quantitative estimate of drug-likeness (QED) is 0.340. The Labute approximate surface area is 119 Å². The molecule has 2 atom stereocenters. The molecule has 0 heterocycles. The van der Waals surface area contributed by atoms with Crippen LogP contribution in [-0.4, -0.2) is 17.5 Å². The van der Waals surface area contributed by atoms with Crippen molar-refractivity contribution < 1.29 is 9.90 Å². The van der Waals surface area contributed by atoms with Crippen molar-refractivity contribution in [2.24, 2.45) is 11.8 Å². The van der Waals surface area contributed by atoms with Gasteiger partial charge in [-0.3, -0.25) is 0 Å². The van der Waals surface area contributed by atoms with E-state index >= 15 is 0 Å². The van der Waals surface area contributed by atoms with Gasteiger partial charge in [-0.05, 0) is 44.4 Å². The van der Waals surface area contributed by atoms with Crippen LogP contribution < -0.4 is 0 Å². The third-order valence-electron chi connectivity index (χ3n) is 3.56. The topological polar surface area (TPSA) is 37.3 Å². The van der Waals surface area contributed by atoms with Crippen LogP contribution in [0, 0.1) is 11.8 Å². The molecule has 0 aliphatic heterocycles. The van der Waals surface area contributed by atoms with E-state index in [0.717, 1.165) is 44.8 Å². The fourth-order valence-electron chi connectivity index (χ4n) is 2.21. The number of rotatable bonds is 11. The molecule has 0 spiro atoms. The van der Waals surface area contributed by atoms with Crippen molar-refractivity contribution in [2.75, 3.05) is 0 Å². The molecule has 0 aromatic rings. The minimum absolute atomic E-state index is 0.210. The summed E-state index contributed by atoms with van der Waals surface area (Å²) in [5.74, 6) is 1.03. The van der Waals surface area contributed by atoms with Gasteiger partial charge < -0.3 is 9.90 Å². The number of aldehydes is 1. The maximum atomic E-state index is 10.2. The van der Waals surface area contributed by atoms with Crippen LogP contribution in [0.1, 0.15) is 72.6 Å². The van der Waals surface area contributed by atoms with Crippen molar-refractivity contribution in [3.05, 3.63) is 11.6 Å². The summed E-state index contributed by atoms with van der Waals surface area (Å²) in [4.78, 5) is 10.2. The number of hydrogen-bond donors (Lipinski definition) is 1. The molecule has 2 heteroatoms. The van der Waals surface area contributed by atoms with Gasteiger partial charge in [0.2, 0.25) is 0 Å². The van der Waals surface area contributed by atoms with E-state index in [1.54, 1.807) is 0 Å². The van der Waals surface area contributed by atoms with Crippen LogP contribution in [0.25, 0.3) is 0 Å². The van der Waals surface area contributed by atoms with Crippen molar-refractivity contribution in [3.8, 4) is 0 Å². The Balaban J connectivity index is 3.82. The molecule has 0 bridgehead atoms. The second kappa shape index (κ2) is 11.2. The third-order valence-corrected chi connectivity index (χ3v) is 3.56. The lowest BCUT2D eigenvalue weighted by Gasteiger charge is -2.19. The lowest BCUT2D eigenvalue weighted by Crippen LogP contribution is -2.17. The monoisotopic (exact) mass is 268 g/mol. The highest BCUT2D eigenvalue weighted by Gasteiger charge is 2.14. The molecule has 0 rings (SSSR count). The fourth-order valence-corrected chi connectivity index (χ4v) is 2.21. The Hall–Kier alpha value is -0.630. The first-order valence-electron chi connectivity index (χ1n) is 7.74. The smallest absolute Gasteiger partial charge is 0.119 e. The molecule has 0 fully saturated rings. The van der Waals surface area contributed by atoms with Crippen LogP contribution in [0.3, 0.4) is 0 Å². The lowest BCUT2D eigenvalue weighted by molar-refractivity contribution is -0.107. The van der Waals surface area contributed by atoms with Gasteiger partial charge in [0, 0.05) is 6.42 Å². The van der Waals surface area contributed by atoms with E-state index in [9.17, 15) is 9.90 Å². The summed E-state index contributed by atoms with van der Waals surface area (Å²) in [7, 11) is 0. The Morgan fingerprint density at radius 3 is 2.42 bits per heavy atom. The number of unbranched alkanes of at least 4 members (excludes halogenated alkanes) is 3. The first-order chi connectivity index (χ1) is 8.97. The SMILES string of the molecule is C/C(=C\CC(C)C)C[C@H](C)[C@@H](O)CCCCCC=O. The molecule has 0 saturated heterocycles. The Kier molecular flexibility index (Phi) is 10.8. The summed E-state index contributed by atoms with van der Waals surface area (Å²) >= 11 is 0. The van der Waals surface area contributed by atoms with Crippen LogP contribution in [0.4, 0.5) is 0 Å². The molecule has 0 aliphatic carbocycles. The molecule has 112 valence electrons. The zero-order valence-corrected chi connectivity index (χ0v) is 13.2. The van der Waals surface area contributed by atoms with Gasteiger partial charge in [0.15, 0.2) is 0 Å². The van der Waals surface area contributed by atoms with Gasteiger partial charge in [-0.15, -0.1) is 0 Å². The Morgan fingerprint density at radius 2 is 1.84 bits per heavy atom. The zero-order chi connectivity index (χ0) is 14.7. The van der Waals surface area contributed by atoms with Gasteiger partial charge in [0.1, 0.15) is 6.29 Å². The van der Waals surface area contributed by atoms with E-state index in [1.165, 1.54) is 5.57 Å². The second-order valence-electron chi connectivity index (χ2n) is 6.23. The number of hydrogen-bond acceptors (Lipinski definition) is 2. The summed E-state index contributed by atoms with van der Waals surface area (Å²) in [6.07, 6.45) is 9.72. The van der Waals surface area contributed by atoms with E-state index < -0.39 is 0 Å². The number of allylic oxidation sites excluding steroid dienone is 2. The van der Waals surface area contributed by atoms with Crippen LogP contribution in [-0.2, 0) is 4.79 Å². The minimum atomic E-state index is -0.210. The van der Waals surface area contributed by atoms with Crippen LogP contribution in [0.5, 0.6) is 0 Å². The van der Waals surface area contributed by atoms with Crippen molar-refractivity contribution >= 4 is 6.29 Å². The highest BCUT2D eigenvalue weighted by Crippen LogP contribution is 2.20. The van der Waals surface area contributed by atoms with Gasteiger partial charge >= 0.3 is 0 Å². The third kappa shape index (κ3) is 10.9. The van der Waals surface area contributed by atoms with Gasteiger partial charge in [0.05, 0.1) is 6.10 Å². The predicted octanol–water partition coefficient (Wildman–Crippen LogP) is 4.52. The average Bonchev–Trinajstić information content (AvgIpc) is 2.35. The zero-order valence-electron chi connectivity index (χ0n) is 13.2. The maximum absolute atomic E-state index is 10.2. The predicted molar refractivity (Wildman–Crippen MR) is 82.1 cm³/mol. The van der Waals surface area contributed by atoms with Gasteiger partial charge in [-0.1, -0.05) is 45.3 Å². The first kappa shape index (κ1) is 18.4. The van der Waals surface area contributed by atoms with Gasteiger partial charge in [-0.25, -0.2) is 0 Å². The molecular formula is C17H32O2. The van der Waals surface area contributed by atoms with Crippen LogP contribution >= 0.6 is 0 Å². The average molecular weight is 268 g/mol. The summed E-state index contributed by atoms with van der Waals surface area (Å²) in [6.45, 7) is 8.74. The molecule has 1 N–H and O–H groups in total. The van der Waals surface area contributed by atoms with Crippen molar-refractivity contribution in [2.45, 2.75) is 78.7 Å². The first-order valence-corrected chi connectivity index (χ1v) is 7.74. The molecule has 2 nitrogen and oxygen atoms in total. The van der Waals surface area contributed by atoms with E-state index in [2.05, 4.69) is 33.8 Å². The highest BCUT2D eigenvalue weighted by molar-refractivity contribution is 5.48. The van der Waals surface area contributed by atoms with Crippen molar-refractivity contribution in [1.29, 1.82) is 0 Å². The number of carbonyl (C=O) groups is 1. The summed E-state index contributed by atoms with van der Waals surface area (Å²) < 4.78 is 0. The maximum Gasteiger partial charge on any atom is 0.119 e.